The summed E-state index contributed by atoms with van der Waals surface area (Å²) >= 11 is 0. The van der Waals surface area contributed by atoms with Gasteiger partial charge in [0.25, 0.3) is 5.91 Å². The van der Waals surface area contributed by atoms with E-state index in [1.54, 1.807) is 25.7 Å². The van der Waals surface area contributed by atoms with E-state index in [1.807, 2.05) is 4.90 Å². The molecule has 31 heavy (non-hydrogen) atoms. The summed E-state index contributed by atoms with van der Waals surface area (Å²) in [4.78, 5) is 51.0. The van der Waals surface area contributed by atoms with Crippen molar-refractivity contribution in [2.75, 3.05) is 44.2 Å². The van der Waals surface area contributed by atoms with Crippen molar-refractivity contribution in [2.24, 2.45) is 11.8 Å². The minimum absolute atomic E-state index is 0.110. The summed E-state index contributed by atoms with van der Waals surface area (Å²) in [6.45, 7) is 8.42. The largest absolute Gasteiger partial charge is 0.465 e. The van der Waals surface area contributed by atoms with Crippen LogP contribution in [0.1, 0.15) is 41.5 Å². The lowest BCUT2D eigenvalue weighted by Crippen LogP contribution is -2.39. The number of rotatable bonds is 4. The highest BCUT2D eigenvalue weighted by molar-refractivity contribution is 5.96. The first-order valence-corrected chi connectivity index (χ1v) is 10.9. The molecule has 0 spiro atoms. The quantitative estimate of drug-likeness (QED) is 0.710. The predicted molar refractivity (Wildman–Crippen MR) is 111 cm³/mol. The second-order valence-electron chi connectivity index (χ2n) is 8.59. The molecule has 4 rings (SSSR count). The van der Waals surface area contributed by atoms with Gasteiger partial charge in [-0.05, 0) is 33.6 Å². The predicted octanol–water partition coefficient (Wildman–Crippen LogP) is 1.31. The van der Waals surface area contributed by atoms with Gasteiger partial charge in [0.05, 0.1) is 23.6 Å². The number of amides is 2. The SMILES string of the molecule is CCOC(=O)[C@@H]1CCCN1c1nc(C)c(C(=O)N2CC3CN(C(=O)O)CC3C2)c(C)n1. The molecule has 0 saturated carbocycles. The fourth-order valence-electron chi connectivity index (χ4n) is 5.10. The molecule has 3 saturated heterocycles. The van der Waals surface area contributed by atoms with Crippen molar-refractivity contribution in [1.82, 2.24) is 19.8 Å². The van der Waals surface area contributed by atoms with Crippen molar-refractivity contribution < 1.29 is 24.2 Å². The molecule has 0 radical (unpaired) electrons. The Bertz CT molecular complexity index is 869. The second-order valence-corrected chi connectivity index (χ2v) is 8.59. The standard InChI is InChI=1S/C21H29N5O5/c1-4-31-19(28)16-6-5-7-26(16)20-22-12(2)17(13(3)23-20)18(27)24-8-14-10-25(21(29)30)11-15(14)9-24/h14-16H,4-11H2,1-3H3,(H,29,30)/t14?,15?,16-/m0/s1. The molecule has 10 heteroatoms. The Hall–Kier alpha value is -2.91. The Labute approximate surface area is 181 Å². The van der Waals surface area contributed by atoms with Crippen molar-refractivity contribution in [3.8, 4) is 0 Å². The van der Waals surface area contributed by atoms with Gasteiger partial charge in [-0.25, -0.2) is 19.6 Å². The van der Waals surface area contributed by atoms with E-state index in [9.17, 15) is 19.5 Å². The number of esters is 1. The first-order chi connectivity index (χ1) is 14.8. The zero-order valence-corrected chi connectivity index (χ0v) is 18.2. The van der Waals surface area contributed by atoms with E-state index in [2.05, 4.69) is 9.97 Å². The summed E-state index contributed by atoms with van der Waals surface area (Å²) in [7, 11) is 0. The fraction of sp³-hybridized carbons (Fsp3) is 0.667. The summed E-state index contributed by atoms with van der Waals surface area (Å²) in [6.07, 6.45) is 0.659. The van der Waals surface area contributed by atoms with Crippen LogP contribution >= 0.6 is 0 Å². The van der Waals surface area contributed by atoms with Gasteiger partial charge in [-0.3, -0.25) is 4.79 Å². The monoisotopic (exact) mass is 431 g/mol. The van der Waals surface area contributed by atoms with Gasteiger partial charge in [-0.2, -0.15) is 0 Å². The van der Waals surface area contributed by atoms with Gasteiger partial charge >= 0.3 is 12.1 Å². The second kappa shape index (κ2) is 8.32. The number of hydrogen-bond acceptors (Lipinski definition) is 7. The molecule has 3 atom stereocenters. The Morgan fingerprint density at radius 1 is 1.03 bits per heavy atom. The number of aromatic nitrogens is 2. The van der Waals surface area contributed by atoms with Crippen LogP contribution < -0.4 is 4.90 Å². The van der Waals surface area contributed by atoms with Crippen molar-refractivity contribution in [3.63, 3.8) is 0 Å². The van der Waals surface area contributed by atoms with Gasteiger partial charge in [0, 0.05) is 44.6 Å². The molecule has 0 bridgehead atoms. The number of aryl methyl sites for hydroxylation is 2. The molecule has 2 amide bonds. The number of carbonyl (C=O) groups excluding carboxylic acids is 2. The number of carbonyl (C=O) groups is 3. The van der Waals surface area contributed by atoms with Crippen molar-refractivity contribution >= 4 is 23.9 Å². The summed E-state index contributed by atoms with van der Waals surface area (Å²) in [6, 6.07) is -0.393. The first kappa shape index (κ1) is 21.3. The van der Waals surface area contributed by atoms with Gasteiger partial charge in [-0.1, -0.05) is 0 Å². The lowest BCUT2D eigenvalue weighted by Gasteiger charge is -2.25. The first-order valence-electron chi connectivity index (χ1n) is 10.9. The van der Waals surface area contributed by atoms with E-state index in [4.69, 9.17) is 4.74 Å². The molecular formula is C21H29N5O5. The molecule has 2 unspecified atom stereocenters. The van der Waals surface area contributed by atoms with Gasteiger partial charge in [0.15, 0.2) is 0 Å². The van der Waals surface area contributed by atoms with Crippen LogP contribution in [0.25, 0.3) is 0 Å². The highest BCUT2D eigenvalue weighted by Gasteiger charge is 2.44. The minimum Gasteiger partial charge on any atom is -0.465 e. The fourth-order valence-corrected chi connectivity index (χ4v) is 5.10. The molecule has 3 aliphatic rings. The van der Waals surface area contributed by atoms with Crippen molar-refractivity contribution in [2.45, 2.75) is 39.7 Å². The molecule has 1 aromatic heterocycles. The van der Waals surface area contributed by atoms with Crippen LogP contribution in [0.15, 0.2) is 0 Å². The van der Waals surface area contributed by atoms with Crippen LogP contribution in [0.5, 0.6) is 0 Å². The maximum atomic E-state index is 13.3. The summed E-state index contributed by atoms with van der Waals surface area (Å²) in [5, 5.41) is 9.19. The third kappa shape index (κ3) is 3.90. The van der Waals surface area contributed by atoms with Crippen LogP contribution in [0.3, 0.4) is 0 Å². The Balaban J connectivity index is 1.50. The smallest absolute Gasteiger partial charge is 0.407 e. The summed E-state index contributed by atoms with van der Waals surface area (Å²) in [5.74, 6) is 0.434. The Morgan fingerprint density at radius 2 is 1.61 bits per heavy atom. The Kier molecular flexibility index (Phi) is 5.72. The molecule has 1 aromatic rings. The maximum absolute atomic E-state index is 13.3. The van der Waals surface area contributed by atoms with Crippen molar-refractivity contribution in [3.05, 3.63) is 17.0 Å². The van der Waals surface area contributed by atoms with E-state index in [1.165, 1.54) is 4.90 Å². The topological polar surface area (TPSA) is 116 Å². The van der Waals surface area contributed by atoms with Gasteiger partial charge in [0.1, 0.15) is 6.04 Å². The molecule has 3 fully saturated rings. The molecule has 1 N–H and O–H groups in total. The molecular weight excluding hydrogens is 402 g/mol. The molecule has 168 valence electrons. The molecule has 4 heterocycles. The summed E-state index contributed by atoms with van der Waals surface area (Å²) in [5.41, 5.74) is 1.67. The van der Waals surface area contributed by atoms with Gasteiger partial charge in [0.2, 0.25) is 5.95 Å². The molecule has 0 aromatic carbocycles. The van der Waals surface area contributed by atoms with Crippen LogP contribution in [-0.2, 0) is 9.53 Å². The number of anilines is 1. The summed E-state index contributed by atoms with van der Waals surface area (Å²) < 4.78 is 5.19. The van der Waals surface area contributed by atoms with Crippen molar-refractivity contribution in [1.29, 1.82) is 0 Å². The molecule has 10 nitrogen and oxygen atoms in total. The van der Waals surface area contributed by atoms with Crippen LogP contribution in [0.2, 0.25) is 0 Å². The number of carboxylic acid groups (broad SMARTS) is 1. The number of fused-ring (bicyclic) bond motifs is 1. The van der Waals surface area contributed by atoms with Crippen LogP contribution in [0.4, 0.5) is 10.7 Å². The molecule has 3 aliphatic heterocycles. The maximum Gasteiger partial charge on any atom is 0.407 e. The van der Waals surface area contributed by atoms with E-state index in [0.29, 0.717) is 68.7 Å². The van der Waals surface area contributed by atoms with Crippen LogP contribution in [0, 0.1) is 25.7 Å². The third-order valence-corrected chi connectivity index (χ3v) is 6.59. The average Bonchev–Trinajstić information content (AvgIpc) is 3.41. The zero-order valence-electron chi connectivity index (χ0n) is 18.2. The van der Waals surface area contributed by atoms with E-state index in [-0.39, 0.29) is 23.7 Å². The number of likely N-dealkylation sites (tertiary alicyclic amines) is 2. The zero-order chi connectivity index (χ0) is 22.3. The lowest BCUT2D eigenvalue weighted by molar-refractivity contribution is -0.144. The third-order valence-electron chi connectivity index (χ3n) is 6.59. The highest BCUT2D eigenvalue weighted by atomic mass is 16.5. The normalized spacial score (nSPS) is 25.1. The average molecular weight is 431 g/mol. The van der Waals surface area contributed by atoms with Gasteiger partial charge < -0.3 is 24.5 Å². The minimum atomic E-state index is -0.897. The number of nitrogens with zero attached hydrogens (tertiary/aromatic N) is 5. The molecule has 0 aliphatic carbocycles. The van der Waals surface area contributed by atoms with E-state index in [0.717, 1.165) is 6.42 Å². The van der Waals surface area contributed by atoms with E-state index < -0.39 is 12.1 Å². The van der Waals surface area contributed by atoms with Crippen LogP contribution in [-0.4, -0.2) is 88.2 Å². The Morgan fingerprint density at radius 3 is 2.16 bits per heavy atom. The number of hydrogen-bond donors (Lipinski definition) is 1. The van der Waals surface area contributed by atoms with Gasteiger partial charge in [-0.15, -0.1) is 0 Å². The van der Waals surface area contributed by atoms with E-state index >= 15 is 0 Å². The highest BCUT2D eigenvalue weighted by Crippen LogP contribution is 2.33. The lowest BCUT2D eigenvalue weighted by atomic mass is 10.0. The number of ether oxygens (including phenoxy) is 1.